The molecule has 0 spiro atoms. The van der Waals surface area contributed by atoms with Gasteiger partial charge < -0.3 is 4.74 Å². The van der Waals surface area contributed by atoms with Crippen molar-refractivity contribution in [3.63, 3.8) is 0 Å². The number of hydrogen-bond acceptors (Lipinski definition) is 6. The van der Waals surface area contributed by atoms with Crippen molar-refractivity contribution in [1.29, 1.82) is 0 Å². The summed E-state index contributed by atoms with van der Waals surface area (Å²) in [6.45, 7) is 0. The van der Waals surface area contributed by atoms with Gasteiger partial charge in [0.1, 0.15) is 5.75 Å². The Morgan fingerprint density at radius 2 is 1.68 bits per heavy atom. The Bertz CT molecular complexity index is 1220. The van der Waals surface area contributed by atoms with Crippen molar-refractivity contribution in [3.8, 4) is 5.75 Å². The van der Waals surface area contributed by atoms with Gasteiger partial charge in [-0.05, 0) is 48.0 Å². The molecule has 0 bridgehead atoms. The third kappa shape index (κ3) is 4.96. The van der Waals surface area contributed by atoms with Gasteiger partial charge in [-0.15, -0.1) is 0 Å². The molecule has 3 aromatic rings. The lowest BCUT2D eigenvalue weighted by Crippen LogP contribution is -2.35. The molecule has 0 atom stereocenters. The average Bonchev–Trinajstić information content (AvgIpc) is 2.79. The van der Waals surface area contributed by atoms with Gasteiger partial charge >= 0.3 is 0 Å². The molecule has 0 aliphatic rings. The number of nitrogens with zero attached hydrogens (tertiary/aromatic N) is 2. The van der Waals surface area contributed by atoms with Crippen molar-refractivity contribution in [2.75, 3.05) is 11.4 Å². The zero-order chi connectivity index (χ0) is 22.4. The van der Waals surface area contributed by atoms with Gasteiger partial charge in [0.2, 0.25) is 0 Å². The van der Waals surface area contributed by atoms with Gasteiger partial charge in [-0.3, -0.25) is 14.9 Å². The first-order valence-electron chi connectivity index (χ1n) is 9.04. The van der Waals surface area contributed by atoms with Crippen LogP contribution in [-0.4, -0.2) is 26.4 Å². The number of nitro benzene ring substituents is 1. The second-order valence-electron chi connectivity index (χ2n) is 6.30. The largest absolute Gasteiger partial charge is 0.497 e. The first-order valence-corrected chi connectivity index (χ1v) is 10.5. The summed E-state index contributed by atoms with van der Waals surface area (Å²) in [6.07, 6.45) is 2.39. The maximum Gasteiger partial charge on any atom is 0.271 e. The number of methoxy groups -OCH3 is 1. The van der Waals surface area contributed by atoms with Gasteiger partial charge in [0.25, 0.3) is 21.6 Å². The fraction of sp³-hybridized carbons (Fsp3) is 0.0455. The van der Waals surface area contributed by atoms with Crippen LogP contribution in [0.4, 0.5) is 11.4 Å². The molecule has 0 saturated heterocycles. The summed E-state index contributed by atoms with van der Waals surface area (Å²) in [5.74, 6) is -0.332. The molecule has 158 valence electrons. The SMILES string of the molecule is COc1ccc(N(C(=O)/C=C/c2cccc([N+](=O)[O-])c2)S(=O)(=O)c2ccccc2)cc1. The molecule has 0 N–H and O–H groups in total. The quantitative estimate of drug-likeness (QED) is 0.313. The number of hydrogen-bond donors (Lipinski definition) is 0. The maximum absolute atomic E-state index is 13.2. The highest BCUT2D eigenvalue weighted by Gasteiger charge is 2.29. The van der Waals surface area contributed by atoms with E-state index in [1.165, 1.54) is 55.7 Å². The van der Waals surface area contributed by atoms with Crippen molar-refractivity contribution in [3.05, 3.63) is 101 Å². The van der Waals surface area contributed by atoms with Crippen LogP contribution in [0.5, 0.6) is 5.75 Å². The highest BCUT2D eigenvalue weighted by molar-refractivity contribution is 7.93. The van der Waals surface area contributed by atoms with Crippen LogP contribution in [0, 0.1) is 10.1 Å². The van der Waals surface area contributed by atoms with Crippen molar-refractivity contribution < 1.29 is 22.9 Å². The van der Waals surface area contributed by atoms with E-state index in [1.807, 2.05) is 0 Å². The zero-order valence-corrected chi connectivity index (χ0v) is 17.2. The second-order valence-corrected chi connectivity index (χ2v) is 8.09. The Labute approximate surface area is 179 Å². The Kier molecular flexibility index (Phi) is 6.46. The second kappa shape index (κ2) is 9.23. The molecule has 9 heteroatoms. The van der Waals surface area contributed by atoms with E-state index in [2.05, 4.69) is 0 Å². The Morgan fingerprint density at radius 3 is 2.29 bits per heavy atom. The van der Waals surface area contributed by atoms with E-state index < -0.39 is 20.9 Å². The topological polar surface area (TPSA) is 107 Å². The first-order chi connectivity index (χ1) is 14.8. The molecule has 0 unspecified atom stereocenters. The van der Waals surface area contributed by atoms with E-state index in [9.17, 15) is 23.3 Å². The minimum Gasteiger partial charge on any atom is -0.497 e. The Morgan fingerprint density at radius 1 is 1.00 bits per heavy atom. The molecule has 0 aliphatic carbocycles. The molecule has 1 amide bonds. The van der Waals surface area contributed by atoms with Crippen LogP contribution in [-0.2, 0) is 14.8 Å². The Hall–Kier alpha value is -3.98. The molecule has 8 nitrogen and oxygen atoms in total. The third-order valence-electron chi connectivity index (χ3n) is 4.29. The van der Waals surface area contributed by atoms with Crippen LogP contribution in [0.25, 0.3) is 6.08 Å². The summed E-state index contributed by atoms with van der Waals surface area (Å²) in [7, 11) is -2.74. The van der Waals surface area contributed by atoms with Gasteiger partial charge in [-0.1, -0.05) is 30.3 Å². The predicted octanol–water partition coefficient (Wildman–Crippen LogP) is 4.04. The monoisotopic (exact) mass is 438 g/mol. The number of non-ortho nitro benzene ring substituents is 1. The number of rotatable bonds is 7. The zero-order valence-electron chi connectivity index (χ0n) is 16.4. The fourth-order valence-electron chi connectivity index (χ4n) is 2.78. The van der Waals surface area contributed by atoms with E-state index >= 15 is 0 Å². The summed E-state index contributed by atoms with van der Waals surface area (Å²) >= 11 is 0. The van der Waals surface area contributed by atoms with Gasteiger partial charge in [-0.2, -0.15) is 4.31 Å². The van der Waals surface area contributed by atoms with Crippen molar-refractivity contribution in [2.45, 2.75) is 4.90 Å². The van der Waals surface area contributed by atoms with Gasteiger partial charge in [0.15, 0.2) is 0 Å². The first kappa shape index (κ1) is 21.7. The lowest BCUT2D eigenvalue weighted by molar-refractivity contribution is -0.384. The number of carbonyl (C=O) groups is 1. The van der Waals surface area contributed by atoms with Crippen molar-refractivity contribution in [2.24, 2.45) is 0 Å². The van der Waals surface area contributed by atoms with Crippen LogP contribution in [0.3, 0.4) is 0 Å². The van der Waals surface area contributed by atoms with Gasteiger partial charge in [0.05, 0.1) is 22.6 Å². The highest BCUT2D eigenvalue weighted by Crippen LogP contribution is 2.26. The lowest BCUT2D eigenvalue weighted by atomic mass is 10.2. The summed E-state index contributed by atoms with van der Waals surface area (Å²) in [4.78, 5) is 23.3. The number of nitro groups is 1. The van der Waals surface area contributed by atoms with E-state index in [4.69, 9.17) is 4.74 Å². The lowest BCUT2D eigenvalue weighted by Gasteiger charge is -2.21. The highest BCUT2D eigenvalue weighted by atomic mass is 32.2. The van der Waals surface area contributed by atoms with Gasteiger partial charge in [-0.25, -0.2) is 8.42 Å². The summed E-state index contributed by atoms with van der Waals surface area (Å²) < 4.78 is 32.2. The molecular weight excluding hydrogens is 420 g/mol. The number of ether oxygens (including phenoxy) is 1. The molecule has 3 aromatic carbocycles. The van der Waals surface area contributed by atoms with Crippen LogP contribution in [0.2, 0.25) is 0 Å². The minimum atomic E-state index is -4.22. The van der Waals surface area contributed by atoms with Crippen molar-refractivity contribution in [1.82, 2.24) is 0 Å². The summed E-state index contributed by atoms with van der Waals surface area (Å²) in [5, 5.41) is 10.9. The molecule has 0 aliphatic heterocycles. The number of amides is 1. The van der Waals surface area contributed by atoms with Crippen LogP contribution < -0.4 is 9.04 Å². The normalized spacial score (nSPS) is 11.3. The Balaban J connectivity index is 2.02. The molecular formula is C22H18N2O6S. The molecule has 0 fully saturated rings. The van der Waals surface area contributed by atoms with Crippen LogP contribution in [0.15, 0.2) is 89.8 Å². The predicted molar refractivity (Wildman–Crippen MR) is 116 cm³/mol. The molecule has 0 radical (unpaired) electrons. The van der Waals surface area contributed by atoms with E-state index in [0.29, 0.717) is 15.6 Å². The molecule has 31 heavy (non-hydrogen) atoms. The van der Waals surface area contributed by atoms with E-state index in [0.717, 1.165) is 6.08 Å². The number of benzene rings is 3. The van der Waals surface area contributed by atoms with E-state index in [-0.39, 0.29) is 16.3 Å². The standard InChI is InChI=1S/C22H18N2O6S/c1-30-20-13-11-18(12-14-20)23(31(28,29)21-8-3-2-4-9-21)22(25)15-10-17-6-5-7-19(16-17)24(26)27/h2-16H,1H3/b15-10+. The summed E-state index contributed by atoms with van der Waals surface area (Å²) in [5.41, 5.74) is 0.367. The number of carbonyl (C=O) groups excluding carboxylic acids is 1. The van der Waals surface area contributed by atoms with E-state index in [1.54, 1.807) is 36.4 Å². The molecule has 0 saturated carbocycles. The number of anilines is 1. The average molecular weight is 438 g/mol. The maximum atomic E-state index is 13.2. The van der Waals surface area contributed by atoms with Gasteiger partial charge in [0, 0.05) is 18.2 Å². The van der Waals surface area contributed by atoms with Crippen LogP contribution in [0.1, 0.15) is 5.56 Å². The third-order valence-corrected chi connectivity index (χ3v) is 6.03. The molecule has 3 rings (SSSR count). The van der Waals surface area contributed by atoms with Crippen LogP contribution >= 0.6 is 0 Å². The summed E-state index contributed by atoms with van der Waals surface area (Å²) in [6, 6.07) is 19.2. The minimum absolute atomic E-state index is 0.0529. The molecule has 0 heterocycles. The molecule has 0 aromatic heterocycles. The smallest absolute Gasteiger partial charge is 0.271 e. The van der Waals surface area contributed by atoms with Crippen molar-refractivity contribution >= 4 is 33.4 Å². The fourth-order valence-corrected chi connectivity index (χ4v) is 4.19. The number of sulfonamides is 1.